The zero-order valence-corrected chi connectivity index (χ0v) is 11.0. The molecule has 3 nitrogen and oxygen atoms in total. The molecule has 0 saturated heterocycles. The average Bonchev–Trinajstić information content (AvgIpc) is 2.26. The van der Waals surface area contributed by atoms with E-state index in [2.05, 4.69) is 49.9 Å². The molecule has 0 radical (unpaired) electrons. The first-order chi connectivity index (χ1) is 7.99. The molecule has 0 atom stereocenters. The van der Waals surface area contributed by atoms with Gasteiger partial charge in [-0.15, -0.1) is 0 Å². The minimum Gasteiger partial charge on any atom is -0.388 e. The summed E-state index contributed by atoms with van der Waals surface area (Å²) in [5.41, 5.74) is 8.01. The Labute approximate surface area is 104 Å². The molecule has 0 aromatic heterocycles. The number of amidine groups is 1. The largest absolute Gasteiger partial charge is 0.388 e. The van der Waals surface area contributed by atoms with E-state index in [1.807, 2.05) is 0 Å². The normalized spacial score (nSPS) is 11.1. The van der Waals surface area contributed by atoms with Crippen molar-refractivity contribution in [1.29, 1.82) is 5.41 Å². The van der Waals surface area contributed by atoms with E-state index in [-0.39, 0.29) is 5.84 Å². The lowest BCUT2D eigenvalue weighted by molar-refractivity contribution is 0.219. The van der Waals surface area contributed by atoms with E-state index in [9.17, 15) is 0 Å². The Balaban J connectivity index is 2.60. The summed E-state index contributed by atoms with van der Waals surface area (Å²) in [4.78, 5) is 2.34. The fourth-order valence-electron chi connectivity index (χ4n) is 1.71. The summed E-state index contributed by atoms with van der Waals surface area (Å²) in [6.45, 7) is 8.22. The van der Waals surface area contributed by atoms with Gasteiger partial charge in [0.15, 0.2) is 0 Å². The molecule has 0 unspecified atom stereocenters. The van der Waals surface area contributed by atoms with Crippen LogP contribution in [-0.4, -0.2) is 23.3 Å². The van der Waals surface area contributed by atoms with Gasteiger partial charge in [0.25, 0.3) is 0 Å². The fraction of sp³-hybridized carbons (Fsp3) is 0.500. The highest BCUT2D eigenvalue weighted by Crippen LogP contribution is 2.10. The van der Waals surface area contributed by atoms with Crippen molar-refractivity contribution in [3.63, 3.8) is 0 Å². The molecule has 94 valence electrons. The van der Waals surface area contributed by atoms with E-state index in [0.717, 1.165) is 13.1 Å². The molecule has 1 aromatic carbocycles. The molecule has 0 bridgehead atoms. The van der Waals surface area contributed by atoms with Gasteiger partial charge in [0.05, 0.1) is 5.84 Å². The van der Waals surface area contributed by atoms with Crippen molar-refractivity contribution >= 4 is 5.84 Å². The molecule has 0 fully saturated rings. The van der Waals surface area contributed by atoms with Crippen LogP contribution in [0.5, 0.6) is 0 Å². The number of nitrogens with one attached hydrogen (secondary N) is 1. The smallest absolute Gasteiger partial charge is 0.0918 e. The predicted octanol–water partition coefficient (Wildman–Crippen LogP) is 2.53. The molecule has 0 aliphatic rings. The highest BCUT2D eigenvalue weighted by atomic mass is 15.1. The SMILES string of the molecule is Cc1ccc(CN(CCC(=N)N)C(C)C)cc1. The molecule has 0 heterocycles. The first-order valence-corrected chi connectivity index (χ1v) is 6.11. The molecule has 0 spiro atoms. The van der Waals surface area contributed by atoms with E-state index >= 15 is 0 Å². The van der Waals surface area contributed by atoms with Crippen molar-refractivity contribution in [2.24, 2.45) is 5.73 Å². The molecule has 17 heavy (non-hydrogen) atoms. The van der Waals surface area contributed by atoms with Gasteiger partial charge in [-0.1, -0.05) is 29.8 Å². The third-order valence-electron chi connectivity index (χ3n) is 2.90. The highest BCUT2D eigenvalue weighted by molar-refractivity contribution is 5.76. The predicted molar refractivity (Wildman–Crippen MR) is 73.3 cm³/mol. The van der Waals surface area contributed by atoms with Crippen LogP contribution in [0.25, 0.3) is 0 Å². The monoisotopic (exact) mass is 233 g/mol. The summed E-state index contributed by atoms with van der Waals surface area (Å²) in [5, 5.41) is 7.29. The maximum absolute atomic E-state index is 7.29. The number of hydrogen-bond donors (Lipinski definition) is 2. The van der Waals surface area contributed by atoms with E-state index in [0.29, 0.717) is 12.5 Å². The van der Waals surface area contributed by atoms with Gasteiger partial charge in [-0.3, -0.25) is 10.3 Å². The Morgan fingerprint density at radius 1 is 1.29 bits per heavy atom. The molecule has 0 saturated carbocycles. The first kappa shape index (κ1) is 13.7. The zero-order chi connectivity index (χ0) is 12.8. The van der Waals surface area contributed by atoms with Gasteiger partial charge in [-0.2, -0.15) is 0 Å². The summed E-state index contributed by atoms with van der Waals surface area (Å²) >= 11 is 0. The van der Waals surface area contributed by atoms with Crippen LogP contribution in [0.4, 0.5) is 0 Å². The lowest BCUT2D eigenvalue weighted by Gasteiger charge is -2.26. The Hall–Kier alpha value is -1.35. The zero-order valence-electron chi connectivity index (χ0n) is 11.0. The quantitative estimate of drug-likeness (QED) is 0.586. The fourth-order valence-corrected chi connectivity index (χ4v) is 1.71. The summed E-state index contributed by atoms with van der Waals surface area (Å²) < 4.78 is 0. The van der Waals surface area contributed by atoms with Crippen molar-refractivity contribution in [2.45, 2.75) is 39.8 Å². The number of nitrogens with zero attached hydrogens (tertiary/aromatic N) is 1. The van der Waals surface area contributed by atoms with Crippen LogP contribution in [0.15, 0.2) is 24.3 Å². The van der Waals surface area contributed by atoms with Crippen LogP contribution in [-0.2, 0) is 6.54 Å². The Morgan fingerprint density at radius 3 is 2.35 bits per heavy atom. The maximum atomic E-state index is 7.29. The van der Waals surface area contributed by atoms with Crippen LogP contribution in [0.1, 0.15) is 31.4 Å². The molecule has 0 aliphatic heterocycles. The van der Waals surface area contributed by atoms with Gasteiger partial charge >= 0.3 is 0 Å². The van der Waals surface area contributed by atoms with Gasteiger partial charge < -0.3 is 5.73 Å². The molecule has 1 aromatic rings. The number of hydrogen-bond acceptors (Lipinski definition) is 2. The van der Waals surface area contributed by atoms with Crippen molar-refractivity contribution < 1.29 is 0 Å². The third kappa shape index (κ3) is 5.00. The second-order valence-corrected chi connectivity index (χ2v) is 4.83. The molecule has 3 heteroatoms. The summed E-state index contributed by atoms with van der Waals surface area (Å²) in [5.74, 6) is 0.263. The van der Waals surface area contributed by atoms with Crippen molar-refractivity contribution in [3.05, 3.63) is 35.4 Å². The molecular weight excluding hydrogens is 210 g/mol. The third-order valence-corrected chi connectivity index (χ3v) is 2.90. The van der Waals surface area contributed by atoms with Gasteiger partial charge in [-0.25, -0.2) is 0 Å². The van der Waals surface area contributed by atoms with Crippen molar-refractivity contribution in [1.82, 2.24) is 4.90 Å². The second kappa shape index (κ2) is 6.40. The van der Waals surface area contributed by atoms with E-state index < -0.39 is 0 Å². The van der Waals surface area contributed by atoms with Crippen molar-refractivity contribution in [3.8, 4) is 0 Å². The van der Waals surface area contributed by atoms with Crippen LogP contribution in [0.3, 0.4) is 0 Å². The standard InChI is InChI=1S/C14H23N3/c1-11(2)17(9-8-14(15)16)10-13-6-4-12(3)5-7-13/h4-7,11H,8-10H2,1-3H3,(H3,15,16). The topological polar surface area (TPSA) is 53.1 Å². The van der Waals surface area contributed by atoms with Gasteiger partial charge in [0.2, 0.25) is 0 Å². The first-order valence-electron chi connectivity index (χ1n) is 6.11. The van der Waals surface area contributed by atoms with Crippen LogP contribution in [0.2, 0.25) is 0 Å². The molecular formula is C14H23N3. The minimum absolute atomic E-state index is 0.263. The number of benzene rings is 1. The number of aryl methyl sites for hydroxylation is 1. The van der Waals surface area contributed by atoms with E-state index in [4.69, 9.17) is 11.1 Å². The number of nitrogens with two attached hydrogens (primary N) is 1. The number of rotatable bonds is 6. The van der Waals surface area contributed by atoms with Gasteiger partial charge in [-0.05, 0) is 26.3 Å². The summed E-state index contributed by atoms with van der Waals surface area (Å²) in [7, 11) is 0. The second-order valence-electron chi connectivity index (χ2n) is 4.83. The minimum atomic E-state index is 0.263. The average molecular weight is 233 g/mol. The lowest BCUT2D eigenvalue weighted by atomic mass is 10.1. The van der Waals surface area contributed by atoms with Crippen LogP contribution >= 0.6 is 0 Å². The van der Waals surface area contributed by atoms with Gasteiger partial charge in [0, 0.05) is 25.6 Å². The maximum Gasteiger partial charge on any atom is 0.0918 e. The van der Waals surface area contributed by atoms with Crippen molar-refractivity contribution in [2.75, 3.05) is 6.54 Å². The summed E-state index contributed by atoms with van der Waals surface area (Å²) in [6.07, 6.45) is 0.643. The lowest BCUT2D eigenvalue weighted by Crippen LogP contribution is -2.33. The highest BCUT2D eigenvalue weighted by Gasteiger charge is 2.10. The Bertz CT molecular complexity index is 354. The molecule has 0 aliphatic carbocycles. The Kier molecular flexibility index (Phi) is 5.16. The Morgan fingerprint density at radius 2 is 1.88 bits per heavy atom. The van der Waals surface area contributed by atoms with E-state index in [1.54, 1.807) is 0 Å². The summed E-state index contributed by atoms with van der Waals surface area (Å²) in [6, 6.07) is 9.07. The van der Waals surface area contributed by atoms with Gasteiger partial charge in [0.1, 0.15) is 0 Å². The van der Waals surface area contributed by atoms with Crippen LogP contribution < -0.4 is 5.73 Å². The molecule has 3 N–H and O–H groups in total. The molecule has 0 amide bonds. The molecule has 1 rings (SSSR count). The van der Waals surface area contributed by atoms with E-state index in [1.165, 1.54) is 11.1 Å². The van der Waals surface area contributed by atoms with Crippen LogP contribution in [0, 0.1) is 12.3 Å².